The first-order valence-electron chi connectivity index (χ1n) is 9.15. The van der Waals surface area contributed by atoms with Crippen molar-refractivity contribution in [3.63, 3.8) is 0 Å². The first kappa shape index (κ1) is 19.5. The van der Waals surface area contributed by atoms with E-state index in [4.69, 9.17) is 11.6 Å². The highest BCUT2D eigenvalue weighted by Crippen LogP contribution is 2.36. The third-order valence-electron chi connectivity index (χ3n) is 4.86. The first-order valence-corrected chi connectivity index (χ1v) is 9.53. The van der Waals surface area contributed by atoms with Crippen LogP contribution in [0.1, 0.15) is 37.4 Å². The van der Waals surface area contributed by atoms with Gasteiger partial charge in [-0.3, -0.25) is 9.69 Å². The molecule has 0 fully saturated rings. The lowest BCUT2D eigenvalue weighted by atomic mass is 9.98. The van der Waals surface area contributed by atoms with Gasteiger partial charge in [0.1, 0.15) is 5.82 Å². The molecule has 1 aliphatic rings. The second kappa shape index (κ2) is 8.63. The summed E-state index contributed by atoms with van der Waals surface area (Å²) in [6, 6.07) is 13.4. The Kier molecular flexibility index (Phi) is 6.24. The second-order valence-electron chi connectivity index (χ2n) is 6.49. The van der Waals surface area contributed by atoms with E-state index in [1.165, 1.54) is 17.1 Å². The molecule has 1 atom stereocenters. The number of carbonyl (C=O) groups excluding carboxylic acids is 1. The molecule has 1 aliphatic heterocycles. The fourth-order valence-corrected chi connectivity index (χ4v) is 3.52. The molecular weight excluding hydrogens is 365 g/mol. The molecule has 1 heterocycles. The van der Waals surface area contributed by atoms with Crippen LogP contribution in [0.3, 0.4) is 0 Å². The summed E-state index contributed by atoms with van der Waals surface area (Å²) in [6.07, 6.45) is 0.541. The third kappa shape index (κ3) is 4.37. The van der Waals surface area contributed by atoms with Gasteiger partial charge in [-0.25, -0.2) is 9.40 Å². The molecule has 4 nitrogen and oxygen atoms in total. The number of benzene rings is 2. The summed E-state index contributed by atoms with van der Waals surface area (Å²) >= 11 is 6.40. The summed E-state index contributed by atoms with van der Waals surface area (Å²) in [5.41, 5.74) is 2.44. The van der Waals surface area contributed by atoms with Crippen molar-refractivity contribution in [1.29, 1.82) is 0 Å². The Labute approximate surface area is 164 Å². The van der Waals surface area contributed by atoms with E-state index in [0.29, 0.717) is 18.0 Å². The van der Waals surface area contributed by atoms with Gasteiger partial charge in [-0.05, 0) is 42.4 Å². The van der Waals surface area contributed by atoms with Crippen molar-refractivity contribution in [2.75, 3.05) is 19.6 Å². The van der Waals surface area contributed by atoms with E-state index in [-0.39, 0.29) is 17.8 Å². The monoisotopic (exact) mass is 387 g/mol. The van der Waals surface area contributed by atoms with Crippen LogP contribution < -0.4 is 0 Å². The van der Waals surface area contributed by atoms with Crippen LogP contribution in [0.2, 0.25) is 5.02 Å². The van der Waals surface area contributed by atoms with Crippen LogP contribution in [0.25, 0.3) is 0 Å². The Balaban J connectivity index is 1.93. The molecule has 0 N–H and O–H groups in total. The number of hydrogen-bond donors (Lipinski definition) is 0. The Bertz CT molecular complexity index is 834. The van der Waals surface area contributed by atoms with Crippen molar-refractivity contribution in [2.24, 2.45) is 5.10 Å². The fourth-order valence-electron chi connectivity index (χ4n) is 3.26. The standard InChI is InChI=1S/C21H23ClFN3O/c1-3-25(4-2)14-21(27)26-20(17-7-5-6-8-18(17)22)13-19(24-26)15-9-11-16(23)12-10-15/h5-12,20H,3-4,13-14H2,1-2H3/t20-/m1/s1. The van der Waals surface area contributed by atoms with E-state index in [1.54, 1.807) is 12.1 Å². The highest BCUT2D eigenvalue weighted by atomic mass is 35.5. The normalized spacial score (nSPS) is 16.7. The van der Waals surface area contributed by atoms with Gasteiger partial charge in [-0.2, -0.15) is 5.10 Å². The van der Waals surface area contributed by atoms with Crippen LogP contribution in [0, 0.1) is 5.82 Å². The number of nitrogens with zero attached hydrogens (tertiary/aromatic N) is 3. The molecule has 3 rings (SSSR count). The predicted molar refractivity (Wildman–Crippen MR) is 106 cm³/mol. The smallest absolute Gasteiger partial charge is 0.257 e. The van der Waals surface area contributed by atoms with Crippen molar-refractivity contribution >= 4 is 23.2 Å². The summed E-state index contributed by atoms with van der Waals surface area (Å²) in [7, 11) is 0. The molecule has 0 bridgehead atoms. The topological polar surface area (TPSA) is 35.9 Å². The maximum atomic E-state index is 13.3. The molecule has 2 aromatic carbocycles. The van der Waals surface area contributed by atoms with Gasteiger partial charge in [0.25, 0.3) is 5.91 Å². The van der Waals surface area contributed by atoms with Crippen molar-refractivity contribution in [2.45, 2.75) is 26.3 Å². The maximum absolute atomic E-state index is 13.3. The summed E-state index contributed by atoms with van der Waals surface area (Å²) in [5, 5.41) is 6.75. The van der Waals surface area contributed by atoms with Crippen LogP contribution >= 0.6 is 11.6 Å². The van der Waals surface area contributed by atoms with Crippen LogP contribution in [0.5, 0.6) is 0 Å². The number of rotatable bonds is 6. The van der Waals surface area contributed by atoms with Gasteiger partial charge in [0.05, 0.1) is 18.3 Å². The van der Waals surface area contributed by atoms with Gasteiger partial charge in [-0.1, -0.05) is 55.8 Å². The molecule has 0 radical (unpaired) electrons. The van der Waals surface area contributed by atoms with Crippen LogP contribution in [-0.2, 0) is 4.79 Å². The SMILES string of the molecule is CCN(CC)CC(=O)N1N=C(c2ccc(F)cc2)C[C@@H]1c1ccccc1Cl. The van der Waals surface area contributed by atoms with Gasteiger partial charge in [0.2, 0.25) is 0 Å². The van der Waals surface area contributed by atoms with E-state index >= 15 is 0 Å². The number of hydrazone groups is 1. The lowest BCUT2D eigenvalue weighted by Crippen LogP contribution is -2.38. The minimum Gasteiger partial charge on any atom is -0.295 e. The van der Waals surface area contributed by atoms with E-state index in [1.807, 2.05) is 38.1 Å². The lowest BCUT2D eigenvalue weighted by Gasteiger charge is -2.26. The molecule has 0 saturated carbocycles. The van der Waals surface area contributed by atoms with Crippen molar-refractivity contribution in [3.8, 4) is 0 Å². The molecule has 0 spiro atoms. The Morgan fingerprint density at radius 3 is 2.48 bits per heavy atom. The second-order valence-corrected chi connectivity index (χ2v) is 6.90. The number of halogens is 2. The molecule has 2 aromatic rings. The van der Waals surface area contributed by atoms with Gasteiger partial charge < -0.3 is 0 Å². The van der Waals surface area contributed by atoms with Crippen LogP contribution in [-0.4, -0.2) is 41.2 Å². The number of amides is 1. The van der Waals surface area contributed by atoms with Gasteiger partial charge in [-0.15, -0.1) is 0 Å². The van der Waals surface area contributed by atoms with Gasteiger partial charge in [0, 0.05) is 11.4 Å². The average molecular weight is 388 g/mol. The molecule has 0 unspecified atom stereocenters. The zero-order chi connectivity index (χ0) is 19.4. The molecule has 142 valence electrons. The largest absolute Gasteiger partial charge is 0.295 e. The Morgan fingerprint density at radius 1 is 1.19 bits per heavy atom. The summed E-state index contributed by atoms with van der Waals surface area (Å²) in [4.78, 5) is 15.0. The van der Waals surface area contributed by atoms with Crippen molar-refractivity contribution < 1.29 is 9.18 Å². The minimum absolute atomic E-state index is 0.0688. The number of carbonyl (C=O) groups is 1. The van der Waals surface area contributed by atoms with E-state index < -0.39 is 0 Å². The Morgan fingerprint density at radius 2 is 1.85 bits per heavy atom. The average Bonchev–Trinajstić information content (AvgIpc) is 3.12. The maximum Gasteiger partial charge on any atom is 0.257 e. The van der Waals surface area contributed by atoms with E-state index in [0.717, 1.165) is 29.9 Å². The molecular formula is C21H23ClFN3O. The molecule has 0 saturated heterocycles. The van der Waals surface area contributed by atoms with Crippen LogP contribution in [0.4, 0.5) is 4.39 Å². The highest BCUT2D eigenvalue weighted by Gasteiger charge is 2.34. The molecule has 0 aliphatic carbocycles. The Hall–Kier alpha value is -2.24. The third-order valence-corrected chi connectivity index (χ3v) is 5.21. The lowest BCUT2D eigenvalue weighted by molar-refractivity contribution is -0.134. The van der Waals surface area contributed by atoms with E-state index in [9.17, 15) is 9.18 Å². The minimum atomic E-state index is -0.297. The quantitative estimate of drug-likeness (QED) is 0.731. The molecule has 27 heavy (non-hydrogen) atoms. The van der Waals surface area contributed by atoms with Crippen LogP contribution in [0.15, 0.2) is 53.6 Å². The molecule has 1 amide bonds. The number of likely N-dealkylation sites (N-methyl/N-ethyl adjacent to an activating group) is 1. The van der Waals surface area contributed by atoms with Crippen molar-refractivity contribution in [1.82, 2.24) is 9.91 Å². The predicted octanol–water partition coefficient (Wildman–Crippen LogP) is 4.50. The van der Waals surface area contributed by atoms with Gasteiger partial charge in [0.15, 0.2) is 0 Å². The highest BCUT2D eigenvalue weighted by molar-refractivity contribution is 6.31. The summed E-state index contributed by atoms with van der Waals surface area (Å²) < 4.78 is 13.3. The van der Waals surface area contributed by atoms with Crippen molar-refractivity contribution in [3.05, 3.63) is 70.5 Å². The number of hydrogen-bond acceptors (Lipinski definition) is 3. The fraction of sp³-hybridized carbons (Fsp3) is 0.333. The molecule has 6 heteroatoms. The van der Waals surface area contributed by atoms with E-state index in [2.05, 4.69) is 10.0 Å². The summed E-state index contributed by atoms with van der Waals surface area (Å²) in [5.74, 6) is -0.366. The molecule has 0 aromatic heterocycles. The zero-order valence-electron chi connectivity index (χ0n) is 15.5. The summed E-state index contributed by atoms with van der Waals surface area (Å²) in [6.45, 7) is 5.94. The first-order chi connectivity index (χ1) is 13.0. The zero-order valence-corrected chi connectivity index (χ0v) is 16.3. The van der Waals surface area contributed by atoms with Gasteiger partial charge >= 0.3 is 0 Å².